The van der Waals surface area contributed by atoms with E-state index in [2.05, 4.69) is 15.4 Å². The SMILES string of the molecule is CCc1n[nH]nc(CC)c1=S. The summed E-state index contributed by atoms with van der Waals surface area (Å²) >= 11 is 5.15. The third-order valence-electron chi connectivity index (χ3n) is 1.56. The number of rotatable bonds is 2. The van der Waals surface area contributed by atoms with Gasteiger partial charge < -0.3 is 0 Å². The van der Waals surface area contributed by atoms with Gasteiger partial charge in [-0.2, -0.15) is 15.4 Å². The topological polar surface area (TPSA) is 41.6 Å². The van der Waals surface area contributed by atoms with E-state index in [1.807, 2.05) is 13.8 Å². The van der Waals surface area contributed by atoms with E-state index in [1.54, 1.807) is 0 Å². The second-order valence-electron chi connectivity index (χ2n) is 2.25. The summed E-state index contributed by atoms with van der Waals surface area (Å²) < 4.78 is 0.814. The van der Waals surface area contributed by atoms with Crippen LogP contribution in [-0.2, 0) is 12.8 Å². The van der Waals surface area contributed by atoms with Crippen LogP contribution in [0, 0.1) is 4.51 Å². The van der Waals surface area contributed by atoms with Crippen molar-refractivity contribution in [2.75, 3.05) is 0 Å². The van der Waals surface area contributed by atoms with Crippen molar-refractivity contribution in [2.45, 2.75) is 26.7 Å². The summed E-state index contributed by atoms with van der Waals surface area (Å²) in [5.41, 5.74) is 1.87. The van der Waals surface area contributed by atoms with Gasteiger partial charge in [0.1, 0.15) is 0 Å². The molecule has 60 valence electrons. The molecule has 4 heteroatoms. The number of hydrogen-bond donors (Lipinski definition) is 1. The molecule has 0 aliphatic rings. The van der Waals surface area contributed by atoms with Crippen LogP contribution < -0.4 is 0 Å². The van der Waals surface area contributed by atoms with Gasteiger partial charge >= 0.3 is 0 Å². The minimum atomic E-state index is 0.814. The van der Waals surface area contributed by atoms with Crippen LogP contribution in [-0.4, -0.2) is 15.4 Å². The lowest BCUT2D eigenvalue weighted by Crippen LogP contribution is -2.00. The number of nitrogens with zero attached hydrogens (tertiary/aromatic N) is 2. The Bertz CT molecular complexity index is 267. The number of hydrogen-bond acceptors (Lipinski definition) is 3. The molecule has 1 heterocycles. The van der Waals surface area contributed by atoms with E-state index in [0.717, 1.165) is 28.7 Å². The summed E-state index contributed by atoms with van der Waals surface area (Å²) in [5, 5.41) is 10.5. The Kier molecular flexibility index (Phi) is 2.70. The quantitative estimate of drug-likeness (QED) is 0.684. The van der Waals surface area contributed by atoms with Gasteiger partial charge in [-0.3, -0.25) is 0 Å². The molecule has 0 spiro atoms. The highest BCUT2D eigenvalue weighted by atomic mass is 32.1. The molecule has 0 bridgehead atoms. The third kappa shape index (κ3) is 1.63. The van der Waals surface area contributed by atoms with E-state index < -0.39 is 0 Å². The van der Waals surface area contributed by atoms with Gasteiger partial charge in [0, 0.05) is 0 Å². The van der Waals surface area contributed by atoms with Crippen LogP contribution in [0.4, 0.5) is 0 Å². The summed E-state index contributed by atoms with van der Waals surface area (Å²) in [5.74, 6) is 0. The molecule has 1 aromatic rings. The smallest absolute Gasteiger partial charge is 0.0843 e. The number of aromatic amines is 1. The molecule has 0 radical (unpaired) electrons. The third-order valence-corrected chi connectivity index (χ3v) is 2.04. The Balaban J connectivity index is 3.21. The predicted octanol–water partition coefficient (Wildman–Crippen LogP) is 1.66. The molecule has 0 amide bonds. The van der Waals surface area contributed by atoms with E-state index in [1.165, 1.54) is 0 Å². The van der Waals surface area contributed by atoms with Crippen LogP contribution >= 0.6 is 12.2 Å². The summed E-state index contributed by atoms with van der Waals surface area (Å²) in [4.78, 5) is 0. The van der Waals surface area contributed by atoms with Crippen molar-refractivity contribution in [1.82, 2.24) is 15.4 Å². The zero-order valence-electron chi connectivity index (χ0n) is 6.72. The fourth-order valence-electron chi connectivity index (χ4n) is 0.893. The average Bonchev–Trinajstić information content (AvgIpc) is 2.05. The molecular formula is C7H11N3S. The van der Waals surface area contributed by atoms with Crippen molar-refractivity contribution in [1.29, 1.82) is 0 Å². The molecule has 1 aromatic heterocycles. The van der Waals surface area contributed by atoms with Crippen LogP contribution in [0.15, 0.2) is 0 Å². The molecule has 0 atom stereocenters. The minimum Gasteiger partial charge on any atom is -0.197 e. The van der Waals surface area contributed by atoms with E-state index in [0.29, 0.717) is 0 Å². The Morgan fingerprint density at radius 1 is 1.18 bits per heavy atom. The van der Waals surface area contributed by atoms with E-state index >= 15 is 0 Å². The van der Waals surface area contributed by atoms with Crippen LogP contribution in [0.5, 0.6) is 0 Å². The standard InChI is InChI=1S/C7H11N3S/c1-3-5-7(11)6(4-2)9-10-8-5/h3-4H2,1-2H3,(H,10,11). The highest BCUT2D eigenvalue weighted by Gasteiger charge is 1.99. The van der Waals surface area contributed by atoms with Crippen molar-refractivity contribution in [3.63, 3.8) is 0 Å². The van der Waals surface area contributed by atoms with Crippen LogP contribution in [0.2, 0.25) is 0 Å². The molecule has 0 aliphatic heterocycles. The number of nitrogens with one attached hydrogen (secondary N) is 1. The van der Waals surface area contributed by atoms with Gasteiger partial charge in [-0.15, -0.1) is 0 Å². The minimum absolute atomic E-state index is 0.814. The fraction of sp³-hybridized carbons (Fsp3) is 0.571. The van der Waals surface area contributed by atoms with Crippen LogP contribution in [0.1, 0.15) is 25.2 Å². The largest absolute Gasteiger partial charge is 0.197 e. The van der Waals surface area contributed by atoms with Crippen molar-refractivity contribution in [3.8, 4) is 0 Å². The monoisotopic (exact) mass is 169 g/mol. The fourth-order valence-corrected chi connectivity index (χ4v) is 1.27. The van der Waals surface area contributed by atoms with Crippen LogP contribution in [0.25, 0.3) is 0 Å². The first-order valence-electron chi connectivity index (χ1n) is 3.72. The Morgan fingerprint density at radius 2 is 1.64 bits per heavy atom. The molecule has 3 nitrogen and oxygen atoms in total. The molecule has 0 unspecified atom stereocenters. The second-order valence-corrected chi connectivity index (χ2v) is 2.66. The van der Waals surface area contributed by atoms with Crippen LogP contribution in [0.3, 0.4) is 0 Å². The van der Waals surface area contributed by atoms with Gasteiger partial charge in [0.05, 0.1) is 15.9 Å². The normalized spacial score (nSPS) is 10.0. The highest BCUT2D eigenvalue weighted by molar-refractivity contribution is 7.71. The Hall–Kier alpha value is -0.770. The molecular weight excluding hydrogens is 158 g/mol. The van der Waals surface area contributed by atoms with Crippen molar-refractivity contribution in [2.24, 2.45) is 0 Å². The maximum Gasteiger partial charge on any atom is 0.0843 e. The Labute approximate surface area is 70.8 Å². The number of aromatic nitrogens is 3. The van der Waals surface area contributed by atoms with E-state index in [-0.39, 0.29) is 0 Å². The first kappa shape index (κ1) is 8.33. The van der Waals surface area contributed by atoms with Gasteiger partial charge in [0.2, 0.25) is 0 Å². The summed E-state index contributed by atoms with van der Waals surface area (Å²) in [6.45, 7) is 4.07. The lowest BCUT2D eigenvalue weighted by atomic mass is 10.2. The average molecular weight is 169 g/mol. The summed E-state index contributed by atoms with van der Waals surface area (Å²) in [7, 11) is 0. The van der Waals surface area contributed by atoms with Gasteiger partial charge in [0.25, 0.3) is 0 Å². The second kappa shape index (κ2) is 3.57. The van der Waals surface area contributed by atoms with Gasteiger partial charge in [-0.05, 0) is 12.8 Å². The first-order valence-corrected chi connectivity index (χ1v) is 4.13. The maximum absolute atomic E-state index is 5.15. The lowest BCUT2D eigenvalue weighted by Gasteiger charge is -1.98. The van der Waals surface area contributed by atoms with Crippen molar-refractivity contribution in [3.05, 3.63) is 15.9 Å². The molecule has 0 saturated heterocycles. The molecule has 0 aliphatic carbocycles. The van der Waals surface area contributed by atoms with Crippen molar-refractivity contribution < 1.29 is 0 Å². The molecule has 0 fully saturated rings. The summed E-state index contributed by atoms with van der Waals surface area (Å²) in [6, 6.07) is 0. The van der Waals surface area contributed by atoms with Gasteiger partial charge in [0.15, 0.2) is 0 Å². The van der Waals surface area contributed by atoms with E-state index in [9.17, 15) is 0 Å². The van der Waals surface area contributed by atoms with E-state index in [4.69, 9.17) is 12.2 Å². The highest BCUT2D eigenvalue weighted by Crippen LogP contribution is 2.02. The first-order chi connectivity index (χ1) is 5.29. The number of H-pyrrole nitrogens is 1. The molecule has 0 saturated carbocycles. The lowest BCUT2D eigenvalue weighted by molar-refractivity contribution is 0.767. The van der Waals surface area contributed by atoms with Crippen molar-refractivity contribution >= 4 is 12.2 Å². The van der Waals surface area contributed by atoms with Gasteiger partial charge in [-0.1, -0.05) is 26.1 Å². The van der Waals surface area contributed by atoms with Gasteiger partial charge in [-0.25, -0.2) is 0 Å². The predicted molar refractivity (Wildman–Crippen MR) is 46.0 cm³/mol. The number of aryl methyl sites for hydroxylation is 2. The molecule has 1 N–H and O–H groups in total. The maximum atomic E-state index is 5.15. The zero-order valence-corrected chi connectivity index (χ0v) is 7.53. The summed E-state index contributed by atoms with van der Waals surface area (Å²) in [6.07, 6.45) is 1.73. The molecule has 0 aromatic carbocycles. The molecule has 11 heavy (non-hydrogen) atoms. The zero-order chi connectivity index (χ0) is 8.27. The molecule has 1 rings (SSSR count). The Morgan fingerprint density at radius 3 is 2.00 bits per heavy atom.